The van der Waals surface area contributed by atoms with Crippen molar-refractivity contribution in [3.63, 3.8) is 0 Å². The summed E-state index contributed by atoms with van der Waals surface area (Å²) in [6, 6.07) is 7.45. The predicted octanol–water partition coefficient (Wildman–Crippen LogP) is 7.45. The fourth-order valence-electron chi connectivity index (χ4n) is 3.64. The van der Waals surface area contributed by atoms with E-state index in [4.69, 9.17) is 16.3 Å². The number of aromatic nitrogens is 2. The molecule has 1 aromatic heterocycles. The van der Waals surface area contributed by atoms with Crippen molar-refractivity contribution in [2.45, 2.75) is 37.7 Å². The van der Waals surface area contributed by atoms with Crippen LogP contribution in [0, 0.1) is 6.92 Å². The lowest BCUT2D eigenvalue weighted by Crippen LogP contribution is -2.36. The van der Waals surface area contributed by atoms with E-state index < -0.39 is 54.2 Å². The van der Waals surface area contributed by atoms with Crippen LogP contribution in [0.2, 0.25) is 5.02 Å². The second-order valence-corrected chi connectivity index (χ2v) is 8.71. The van der Waals surface area contributed by atoms with Gasteiger partial charge in [-0.3, -0.25) is 4.68 Å². The van der Waals surface area contributed by atoms with Gasteiger partial charge in [0.25, 0.3) is 0 Å². The number of benzene rings is 2. The van der Waals surface area contributed by atoms with Gasteiger partial charge in [-0.1, -0.05) is 29.8 Å². The third kappa shape index (κ3) is 4.94. The van der Waals surface area contributed by atoms with Crippen molar-refractivity contribution >= 4 is 29.2 Å². The summed E-state index contributed by atoms with van der Waals surface area (Å²) < 4.78 is 138. The van der Waals surface area contributed by atoms with Crippen LogP contribution in [-0.2, 0) is 23.1 Å². The lowest BCUT2D eigenvalue weighted by atomic mass is 10.1. The molecule has 16 heteroatoms. The lowest BCUT2D eigenvalue weighted by Gasteiger charge is -2.20. The maximum absolute atomic E-state index is 14.1. The number of aliphatic imine (C=N–C) groups is 1. The largest absolute Gasteiger partial charge is 0.459 e. The highest BCUT2D eigenvalue weighted by Gasteiger charge is 2.64. The number of esters is 1. The first-order valence-electron chi connectivity index (χ1n) is 10.5. The summed E-state index contributed by atoms with van der Waals surface area (Å²) in [6.45, 7) is 0.399. The quantitative estimate of drug-likeness (QED) is 0.230. The van der Waals surface area contributed by atoms with Gasteiger partial charge in [0.05, 0.1) is 28.4 Å². The molecule has 0 aliphatic carbocycles. The third-order valence-electron chi connectivity index (χ3n) is 5.59. The molecule has 1 aliphatic rings. The molecule has 2 aromatic carbocycles. The van der Waals surface area contributed by atoms with E-state index in [1.54, 1.807) is 0 Å². The molecule has 4 rings (SSSR count). The minimum Gasteiger partial charge on any atom is -0.403 e. The van der Waals surface area contributed by atoms with E-state index in [9.17, 15) is 48.7 Å². The number of aryl methyl sites for hydroxylation is 1. The van der Waals surface area contributed by atoms with Crippen molar-refractivity contribution in [2.75, 3.05) is 0 Å². The number of ether oxygens (including phenoxy) is 1. The molecule has 0 bridgehead atoms. The van der Waals surface area contributed by atoms with Crippen molar-refractivity contribution in [2.24, 2.45) is 4.99 Å². The van der Waals surface area contributed by atoms with Gasteiger partial charge in [0.2, 0.25) is 5.90 Å². The fourth-order valence-corrected chi connectivity index (χ4v) is 3.90. The fraction of sp³-hybridized carbons (Fsp3) is 0.261. The number of carbonyl (C=O) groups is 1. The molecular weight excluding hydrogens is 576 g/mol. The Balaban J connectivity index is 1.72. The maximum Gasteiger partial charge on any atom is 0.459 e. The van der Waals surface area contributed by atoms with E-state index >= 15 is 0 Å². The zero-order valence-corrected chi connectivity index (χ0v) is 19.8. The number of carbonyl (C=O) groups excluding carboxylic acids is 1. The van der Waals surface area contributed by atoms with Crippen LogP contribution in [0.1, 0.15) is 38.4 Å². The molecule has 0 spiro atoms. The summed E-state index contributed by atoms with van der Waals surface area (Å²) in [5, 5.41) is 2.88. The van der Waals surface area contributed by atoms with Gasteiger partial charge < -0.3 is 4.74 Å². The van der Waals surface area contributed by atoms with Crippen LogP contribution < -0.4 is 0 Å². The predicted molar refractivity (Wildman–Crippen MR) is 115 cm³/mol. The number of cyclic esters (lactones) is 1. The average molecular weight is 588 g/mol. The number of hydrogen-bond acceptors (Lipinski definition) is 4. The molecule has 0 fully saturated rings. The van der Waals surface area contributed by atoms with Gasteiger partial charge >= 0.3 is 30.2 Å². The first kappa shape index (κ1) is 28.4. The van der Waals surface area contributed by atoms with Crippen molar-refractivity contribution in [1.82, 2.24) is 9.78 Å². The van der Waals surface area contributed by atoms with E-state index in [2.05, 4.69) is 10.1 Å². The van der Waals surface area contributed by atoms with E-state index in [0.29, 0.717) is 0 Å². The number of rotatable bonds is 5. The Morgan fingerprint density at radius 3 is 2.15 bits per heavy atom. The van der Waals surface area contributed by atoms with Gasteiger partial charge in [0.15, 0.2) is 0 Å². The maximum atomic E-state index is 14.1. The Morgan fingerprint density at radius 2 is 1.56 bits per heavy atom. The summed E-state index contributed by atoms with van der Waals surface area (Å²) in [4.78, 5) is 16.3. The molecule has 0 radical (unpaired) electrons. The van der Waals surface area contributed by atoms with Crippen LogP contribution in [-0.4, -0.2) is 34.0 Å². The van der Waals surface area contributed by atoms with Crippen molar-refractivity contribution in [3.8, 4) is 0 Å². The van der Waals surface area contributed by atoms with Gasteiger partial charge in [-0.05, 0) is 42.3 Å². The number of alkyl halides is 10. The van der Waals surface area contributed by atoms with Crippen LogP contribution in [0.4, 0.5) is 49.6 Å². The molecule has 1 aliphatic heterocycles. The van der Waals surface area contributed by atoms with Crippen molar-refractivity contribution in [1.29, 1.82) is 0 Å². The molecule has 0 atom stereocenters. The summed E-state index contributed by atoms with van der Waals surface area (Å²) in [5.74, 6) is -12.5. The smallest absolute Gasteiger partial charge is 0.403 e. The first-order valence-corrected chi connectivity index (χ1v) is 10.9. The molecule has 0 unspecified atom stereocenters. The standard InChI is InChI=1S/C23H12ClF10N3O2/c1-10-7-11(5-6-14(10)35-18-12-3-2-4-13(24)17(12)19(38)39-18)9-37-16(21(27,28)23(32,33)34)8-15(36-37)20(25,26)22(29,30)31/h2-8H,9H2,1H3/b35-18-. The Labute approximate surface area is 216 Å². The summed E-state index contributed by atoms with van der Waals surface area (Å²) >= 11 is 5.99. The molecule has 0 N–H and O–H groups in total. The minimum absolute atomic E-state index is 0.0652. The van der Waals surface area contributed by atoms with Crippen LogP contribution in [0.25, 0.3) is 0 Å². The van der Waals surface area contributed by atoms with Crippen LogP contribution in [0.15, 0.2) is 47.5 Å². The molecule has 2 heterocycles. The number of nitrogens with zero attached hydrogens (tertiary/aromatic N) is 3. The Bertz CT molecular complexity index is 1490. The van der Waals surface area contributed by atoms with Gasteiger partial charge in [-0.25, -0.2) is 9.79 Å². The zero-order chi connectivity index (χ0) is 29.1. The molecule has 5 nitrogen and oxygen atoms in total. The molecule has 0 saturated carbocycles. The van der Waals surface area contributed by atoms with Crippen molar-refractivity contribution < 1.29 is 53.4 Å². The van der Waals surface area contributed by atoms with E-state index in [0.717, 1.165) is 6.07 Å². The molecule has 3 aromatic rings. The SMILES string of the molecule is Cc1cc(Cn2nc(C(F)(F)C(F)(F)F)cc2C(F)(F)C(F)(F)F)ccc1/N=C1\OC(=O)c2c(Cl)cccc21. The Hall–Kier alpha value is -3.62. The summed E-state index contributed by atoms with van der Waals surface area (Å²) in [7, 11) is 0. The monoisotopic (exact) mass is 587 g/mol. The van der Waals surface area contributed by atoms with Crippen LogP contribution in [0.5, 0.6) is 0 Å². The van der Waals surface area contributed by atoms with Crippen LogP contribution in [0.3, 0.4) is 0 Å². The van der Waals surface area contributed by atoms with Gasteiger partial charge in [0, 0.05) is 0 Å². The van der Waals surface area contributed by atoms with Gasteiger partial charge in [-0.15, -0.1) is 0 Å². The number of hydrogen-bond donors (Lipinski definition) is 0. The first-order chi connectivity index (χ1) is 17.8. The highest BCUT2D eigenvalue weighted by Crippen LogP contribution is 2.48. The van der Waals surface area contributed by atoms with E-state index in [-0.39, 0.29) is 43.5 Å². The third-order valence-corrected chi connectivity index (χ3v) is 5.90. The number of fused-ring (bicyclic) bond motifs is 1. The topological polar surface area (TPSA) is 56.5 Å². The molecule has 0 saturated heterocycles. The average Bonchev–Trinajstić information content (AvgIpc) is 3.37. The molecule has 0 amide bonds. The van der Waals surface area contributed by atoms with E-state index in [1.165, 1.54) is 37.3 Å². The Morgan fingerprint density at radius 1 is 0.923 bits per heavy atom. The lowest BCUT2D eigenvalue weighted by molar-refractivity contribution is -0.292. The summed E-state index contributed by atoms with van der Waals surface area (Å²) in [5.41, 5.74) is -3.88. The van der Waals surface area contributed by atoms with Gasteiger partial charge in [-0.2, -0.15) is 49.0 Å². The molecule has 39 heavy (non-hydrogen) atoms. The highest BCUT2D eigenvalue weighted by molar-refractivity contribution is 6.36. The second-order valence-electron chi connectivity index (χ2n) is 8.31. The summed E-state index contributed by atoms with van der Waals surface area (Å²) in [6.07, 6.45) is -12.6. The zero-order valence-electron chi connectivity index (χ0n) is 19.1. The van der Waals surface area contributed by atoms with Crippen LogP contribution >= 0.6 is 11.6 Å². The minimum atomic E-state index is -6.32. The van der Waals surface area contributed by atoms with E-state index in [1.807, 2.05) is 0 Å². The molecule has 208 valence electrons. The van der Waals surface area contributed by atoms with Gasteiger partial charge in [0.1, 0.15) is 11.4 Å². The second kappa shape index (κ2) is 9.24. The van der Waals surface area contributed by atoms with Crippen molar-refractivity contribution in [3.05, 3.63) is 81.1 Å². The number of halogens is 11. The normalized spacial score (nSPS) is 15.6. The molecular formula is C23H12ClF10N3O2. The highest BCUT2D eigenvalue weighted by atomic mass is 35.5. The Kier molecular flexibility index (Phi) is 6.73.